The van der Waals surface area contributed by atoms with Crippen LogP contribution in [0.4, 0.5) is 0 Å². The molecule has 3 unspecified atom stereocenters. The van der Waals surface area contributed by atoms with E-state index >= 15 is 0 Å². The lowest BCUT2D eigenvalue weighted by Gasteiger charge is -2.61. The predicted molar refractivity (Wildman–Crippen MR) is 114 cm³/mol. The molecule has 0 aromatic carbocycles. The highest BCUT2D eigenvalue weighted by molar-refractivity contribution is 5.56. The lowest BCUT2D eigenvalue weighted by atomic mass is 9.44. The van der Waals surface area contributed by atoms with Crippen molar-refractivity contribution in [1.82, 2.24) is 0 Å². The molecule has 4 rings (SSSR count). The van der Waals surface area contributed by atoms with E-state index in [9.17, 15) is 5.11 Å². The molecule has 4 nitrogen and oxygen atoms in total. The lowest BCUT2D eigenvalue weighted by Crippen LogP contribution is -2.53. The summed E-state index contributed by atoms with van der Waals surface area (Å²) in [5.74, 6) is 4.37. The van der Waals surface area contributed by atoms with Gasteiger partial charge in [0, 0.05) is 12.8 Å². The van der Waals surface area contributed by atoms with Crippen molar-refractivity contribution in [2.75, 3.05) is 13.2 Å². The first-order chi connectivity index (χ1) is 13.5. The van der Waals surface area contributed by atoms with Gasteiger partial charge in [-0.2, -0.15) is 0 Å². The third kappa shape index (κ3) is 3.53. The van der Waals surface area contributed by atoms with Gasteiger partial charge in [0.2, 0.25) is 0 Å². The van der Waals surface area contributed by atoms with Gasteiger partial charge in [-0.25, -0.2) is 0 Å². The molecule has 0 heterocycles. The summed E-state index contributed by atoms with van der Waals surface area (Å²) in [5.41, 5.74) is 6.46. The van der Waals surface area contributed by atoms with Crippen LogP contribution in [0.25, 0.3) is 0 Å². The van der Waals surface area contributed by atoms with Crippen LogP contribution in [0.5, 0.6) is 0 Å². The van der Waals surface area contributed by atoms with Crippen molar-refractivity contribution >= 4 is 6.21 Å². The summed E-state index contributed by atoms with van der Waals surface area (Å²) in [6.45, 7) is 6.25. The van der Waals surface area contributed by atoms with Crippen molar-refractivity contribution in [3.05, 3.63) is 0 Å². The zero-order valence-corrected chi connectivity index (χ0v) is 18.1. The van der Waals surface area contributed by atoms with Crippen LogP contribution in [-0.2, 0) is 4.84 Å². The quantitative estimate of drug-likeness (QED) is 0.391. The first kappa shape index (κ1) is 20.7. The number of fused-ring (bicyclic) bond motifs is 5. The molecule has 4 aliphatic carbocycles. The summed E-state index contributed by atoms with van der Waals surface area (Å²) in [6, 6.07) is 0. The molecule has 160 valence electrons. The highest BCUT2D eigenvalue weighted by atomic mass is 16.6. The Hall–Kier alpha value is -0.610. The SMILES string of the molecule is C[C@]12CCC(O)CC1CC[C@@H]1[C@H]2CC[C@]2(C)C(CC/C=N/OCCN)CC[C@@H]12. The van der Waals surface area contributed by atoms with E-state index in [0.29, 0.717) is 24.0 Å². The van der Waals surface area contributed by atoms with Crippen molar-refractivity contribution in [3.8, 4) is 0 Å². The maximum atomic E-state index is 10.2. The third-order valence-corrected chi connectivity index (χ3v) is 9.84. The number of nitrogens with two attached hydrogens (primary N) is 1. The Labute approximate surface area is 171 Å². The fraction of sp³-hybridized carbons (Fsp3) is 0.958. The van der Waals surface area contributed by atoms with E-state index < -0.39 is 0 Å². The number of oxime groups is 1. The van der Waals surface area contributed by atoms with E-state index in [1.165, 1.54) is 51.4 Å². The summed E-state index contributed by atoms with van der Waals surface area (Å²) in [4.78, 5) is 5.15. The Morgan fingerprint density at radius 3 is 2.64 bits per heavy atom. The van der Waals surface area contributed by atoms with Crippen molar-refractivity contribution < 1.29 is 9.94 Å². The van der Waals surface area contributed by atoms with E-state index in [2.05, 4.69) is 19.0 Å². The molecule has 3 N–H and O–H groups in total. The Kier molecular flexibility index (Phi) is 6.09. The van der Waals surface area contributed by atoms with Gasteiger partial charge in [-0.15, -0.1) is 0 Å². The zero-order valence-electron chi connectivity index (χ0n) is 18.1. The van der Waals surface area contributed by atoms with E-state index in [0.717, 1.165) is 48.9 Å². The first-order valence-corrected chi connectivity index (χ1v) is 12.0. The van der Waals surface area contributed by atoms with Gasteiger partial charge in [0.05, 0.1) is 6.10 Å². The summed E-state index contributed by atoms with van der Waals surface area (Å²) in [6.07, 6.45) is 16.0. The van der Waals surface area contributed by atoms with Crippen molar-refractivity contribution in [2.45, 2.75) is 90.6 Å². The van der Waals surface area contributed by atoms with Crippen LogP contribution in [-0.4, -0.2) is 30.6 Å². The van der Waals surface area contributed by atoms with Crippen molar-refractivity contribution in [3.63, 3.8) is 0 Å². The van der Waals surface area contributed by atoms with Gasteiger partial charge in [0.1, 0.15) is 6.61 Å². The lowest BCUT2D eigenvalue weighted by molar-refractivity contribution is -0.126. The van der Waals surface area contributed by atoms with Crippen LogP contribution in [0.2, 0.25) is 0 Å². The fourth-order valence-corrected chi connectivity index (χ4v) is 8.30. The molecule has 28 heavy (non-hydrogen) atoms. The fourth-order valence-electron chi connectivity index (χ4n) is 8.30. The van der Waals surface area contributed by atoms with E-state index in [1.807, 2.05) is 6.21 Å². The average molecular weight is 391 g/mol. The molecular formula is C24H42N2O2. The van der Waals surface area contributed by atoms with E-state index in [4.69, 9.17) is 10.6 Å². The van der Waals surface area contributed by atoms with Crippen molar-refractivity contribution in [2.24, 2.45) is 51.3 Å². The standard InChI is InChI=1S/C24H42N2O2/c1-23-12-10-22-20(7-5-18-16-19(27)9-11-24(18,22)2)21(23)8-6-17(23)4-3-14-26-28-15-13-25/h14,17-22,27H,3-13,15-16,25H2,1-2H3/b26-14+/t17?,18?,19?,20-,21-,22+,23+,24-/m0/s1. The number of hydrogen-bond donors (Lipinski definition) is 2. The highest BCUT2D eigenvalue weighted by Gasteiger charge is 2.59. The summed E-state index contributed by atoms with van der Waals surface area (Å²) >= 11 is 0. The number of aliphatic hydroxyl groups excluding tert-OH is 1. The molecule has 0 aromatic rings. The van der Waals surface area contributed by atoms with Crippen LogP contribution >= 0.6 is 0 Å². The number of rotatable bonds is 6. The van der Waals surface area contributed by atoms with Crippen LogP contribution in [0.1, 0.15) is 84.5 Å². The van der Waals surface area contributed by atoms with Gasteiger partial charge in [-0.1, -0.05) is 19.0 Å². The van der Waals surface area contributed by atoms with Crippen LogP contribution in [0, 0.1) is 40.4 Å². The minimum absolute atomic E-state index is 0.0326. The Bertz CT molecular complexity index is 567. The predicted octanol–water partition coefficient (Wildman–Crippen LogP) is 4.75. The molecule has 4 fully saturated rings. The third-order valence-electron chi connectivity index (χ3n) is 9.84. The minimum atomic E-state index is -0.0326. The molecule has 4 heteroatoms. The molecule has 0 spiro atoms. The topological polar surface area (TPSA) is 67.8 Å². The number of aliphatic hydroxyl groups is 1. The average Bonchev–Trinajstić information content (AvgIpc) is 3.01. The second kappa shape index (κ2) is 8.26. The monoisotopic (exact) mass is 390 g/mol. The van der Waals surface area contributed by atoms with Crippen LogP contribution in [0.3, 0.4) is 0 Å². The summed E-state index contributed by atoms with van der Waals surface area (Å²) in [7, 11) is 0. The largest absolute Gasteiger partial charge is 0.395 e. The second-order valence-corrected chi connectivity index (χ2v) is 10.9. The molecule has 0 saturated heterocycles. The smallest absolute Gasteiger partial charge is 0.129 e. The maximum Gasteiger partial charge on any atom is 0.129 e. The maximum absolute atomic E-state index is 10.2. The Morgan fingerprint density at radius 1 is 1.04 bits per heavy atom. The first-order valence-electron chi connectivity index (χ1n) is 12.0. The summed E-state index contributed by atoms with van der Waals surface area (Å²) in [5, 5.41) is 14.3. The van der Waals surface area contributed by atoms with Crippen LogP contribution in [0.15, 0.2) is 5.16 Å². The van der Waals surface area contributed by atoms with Gasteiger partial charge < -0.3 is 15.7 Å². The van der Waals surface area contributed by atoms with E-state index in [-0.39, 0.29) is 6.10 Å². The van der Waals surface area contributed by atoms with E-state index in [1.54, 1.807) is 0 Å². The normalized spacial score (nSPS) is 48.1. The molecule has 0 aromatic heterocycles. The van der Waals surface area contributed by atoms with Gasteiger partial charge >= 0.3 is 0 Å². The Morgan fingerprint density at radius 2 is 1.82 bits per heavy atom. The van der Waals surface area contributed by atoms with Crippen molar-refractivity contribution in [1.29, 1.82) is 0 Å². The zero-order chi connectivity index (χ0) is 19.8. The van der Waals surface area contributed by atoms with Gasteiger partial charge in [0.25, 0.3) is 0 Å². The Balaban J connectivity index is 1.40. The highest BCUT2D eigenvalue weighted by Crippen LogP contribution is 2.67. The molecule has 4 saturated carbocycles. The van der Waals surface area contributed by atoms with Crippen LogP contribution < -0.4 is 5.73 Å². The molecule has 0 bridgehead atoms. The van der Waals surface area contributed by atoms with Gasteiger partial charge in [0.15, 0.2) is 0 Å². The second-order valence-electron chi connectivity index (χ2n) is 10.9. The molecular weight excluding hydrogens is 348 g/mol. The molecule has 0 aliphatic heterocycles. The minimum Gasteiger partial charge on any atom is -0.395 e. The molecule has 4 aliphatic rings. The molecule has 0 amide bonds. The van der Waals surface area contributed by atoms with Gasteiger partial charge in [-0.05, 0) is 111 Å². The number of nitrogens with zero attached hydrogens (tertiary/aromatic N) is 1. The van der Waals surface area contributed by atoms with Gasteiger partial charge in [-0.3, -0.25) is 0 Å². The molecule has 8 atom stereocenters. The number of hydrogen-bond acceptors (Lipinski definition) is 4. The molecule has 0 radical (unpaired) electrons. The summed E-state index contributed by atoms with van der Waals surface area (Å²) < 4.78 is 0.